The van der Waals surface area contributed by atoms with Crippen molar-refractivity contribution in [3.8, 4) is 11.5 Å². The van der Waals surface area contributed by atoms with E-state index in [4.69, 9.17) is 9.72 Å². The SMILES string of the molecule is CCn1ccnc1-c1ccc2c(n1)CN(C(=O)OC(C)(C)C)C2. The van der Waals surface area contributed by atoms with Crippen LogP contribution in [-0.2, 0) is 24.4 Å². The van der Waals surface area contributed by atoms with E-state index < -0.39 is 5.60 Å². The highest BCUT2D eigenvalue weighted by molar-refractivity contribution is 5.69. The third kappa shape index (κ3) is 3.21. The molecule has 0 aliphatic carbocycles. The minimum absolute atomic E-state index is 0.299. The Morgan fingerprint density at radius 1 is 1.30 bits per heavy atom. The molecule has 0 unspecified atom stereocenters. The zero-order chi connectivity index (χ0) is 16.6. The van der Waals surface area contributed by atoms with Crippen molar-refractivity contribution >= 4 is 6.09 Å². The van der Waals surface area contributed by atoms with Crippen LogP contribution < -0.4 is 0 Å². The van der Waals surface area contributed by atoms with Gasteiger partial charge in [0.1, 0.15) is 11.3 Å². The third-order valence-corrected chi connectivity index (χ3v) is 3.71. The second-order valence-corrected chi connectivity index (χ2v) is 6.68. The van der Waals surface area contributed by atoms with E-state index in [1.807, 2.05) is 39.1 Å². The normalized spacial score (nSPS) is 14.0. The lowest BCUT2D eigenvalue weighted by Gasteiger charge is -2.23. The summed E-state index contributed by atoms with van der Waals surface area (Å²) in [6.07, 6.45) is 3.42. The van der Waals surface area contributed by atoms with Crippen LogP contribution in [0.1, 0.15) is 39.0 Å². The summed E-state index contributed by atoms with van der Waals surface area (Å²) in [5.74, 6) is 0.853. The van der Waals surface area contributed by atoms with Gasteiger partial charge >= 0.3 is 6.09 Å². The van der Waals surface area contributed by atoms with Crippen LogP contribution >= 0.6 is 0 Å². The summed E-state index contributed by atoms with van der Waals surface area (Å²) >= 11 is 0. The van der Waals surface area contributed by atoms with E-state index in [1.165, 1.54) is 0 Å². The van der Waals surface area contributed by atoms with Crippen LogP contribution in [0.4, 0.5) is 4.79 Å². The molecule has 0 saturated carbocycles. The number of fused-ring (bicyclic) bond motifs is 1. The van der Waals surface area contributed by atoms with Gasteiger partial charge in [-0.2, -0.15) is 0 Å². The Morgan fingerprint density at radius 2 is 2.09 bits per heavy atom. The molecule has 2 aromatic rings. The molecule has 0 bridgehead atoms. The van der Waals surface area contributed by atoms with Gasteiger partial charge in [0, 0.05) is 18.9 Å². The van der Waals surface area contributed by atoms with Crippen LogP contribution in [0.25, 0.3) is 11.5 Å². The molecule has 0 saturated heterocycles. The first-order chi connectivity index (χ1) is 10.9. The average molecular weight is 314 g/mol. The number of hydrogen-bond acceptors (Lipinski definition) is 4. The molecular formula is C17H22N4O2. The van der Waals surface area contributed by atoms with Gasteiger partial charge in [0.2, 0.25) is 0 Å². The predicted octanol–water partition coefficient (Wildman–Crippen LogP) is 3.22. The number of carbonyl (C=O) groups is 1. The van der Waals surface area contributed by atoms with Crippen LogP contribution in [0, 0.1) is 0 Å². The van der Waals surface area contributed by atoms with E-state index in [0.29, 0.717) is 13.1 Å². The van der Waals surface area contributed by atoms with Crippen LogP contribution in [0.15, 0.2) is 24.5 Å². The van der Waals surface area contributed by atoms with Gasteiger partial charge in [-0.25, -0.2) is 14.8 Å². The van der Waals surface area contributed by atoms with Gasteiger partial charge in [0.25, 0.3) is 0 Å². The Balaban J connectivity index is 1.80. The number of rotatable bonds is 2. The zero-order valence-corrected chi connectivity index (χ0v) is 14.0. The summed E-state index contributed by atoms with van der Waals surface area (Å²) in [5, 5.41) is 0. The number of aryl methyl sites for hydroxylation is 1. The molecule has 0 fully saturated rings. The minimum Gasteiger partial charge on any atom is -0.444 e. The maximum Gasteiger partial charge on any atom is 0.410 e. The third-order valence-electron chi connectivity index (χ3n) is 3.71. The van der Waals surface area contributed by atoms with E-state index in [-0.39, 0.29) is 6.09 Å². The summed E-state index contributed by atoms with van der Waals surface area (Å²) in [7, 11) is 0. The number of ether oxygens (including phenoxy) is 1. The van der Waals surface area contributed by atoms with Crippen molar-refractivity contribution in [1.82, 2.24) is 19.4 Å². The van der Waals surface area contributed by atoms with E-state index in [0.717, 1.165) is 29.3 Å². The van der Waals surface area contributed by atoms with Gasteiger partial charge in [0.05, 0.1) is 18.8 Å². The summed E-state index contributed by atoms with van der Waals surface area (Å²) < 4.78 is 7.49. The fraction of sp³-hybridized carbons (Fsp3) is 0.471. The Kier molecular flexibility index (Phi) is 3.83. The van der Waals surface area contributed by atoms with Crippen molar-refractivity contribution in [2.24, 2.45) is 0 Å². The van der Waals surface area contributed by atoms with Crippen molar-refractivity contribution in [1.29, 1.82) is 0 Å². The smallest absolute Gasteiger partial charge is 0.410 e. The topological polar surface area (TPSA) is 60.2 Å². The number of hydrogen-bond donors (Lipinski definition) is 0. The zero-order valence-electron chi connectivity index (χ0n) is 14.0. The highest BCUT2D eigenvalue weighted by Gasteiger charge is 2.29. The lowest BCUT2D eigenvalue weighted by molar-refractivity contribution is 0.0240. The lowest BCUT2D eigenvalue weighted by atomic mass is 10.2. The largest absolute Gasteiger partial charge is 0.444 e. The second-order valence-electron chi connectivity index (χ2n) is 6.68. The molecule has 0 N–H and O–H groups in total. The van der Waals surface area contributed by atoms with Gasteiger partial charge in [-0.1, -0.05) is 6.07 Å². The standard InChI is InChI=1S/C17H22N4O2/c1-5-20-9-8-18-15(20)13-7-6-12-10-21(11-14(12)19-13)16(22)23-17(2,3)4/h6-9H,5,10-11H2,1-4H3. The molecule has 3 heterocycles. The average Bonchev–Trinajstić information content (AvgIpc) is 3.10. The molecule has 0 atom stereocenters. The number of amides is 1. The number of pyridine rings is 1. The monoisotopic (exact) mass is 314 g/mol. The quantitative estimate of drug-likeness (QED) is 0.854. The van der Waals surface area contributed by atoms with Gasteiger partial charge in [-0.15, -0.1) is 0 Å². The van der Waals surface area contributed by atoms with Crippen LogP contribution in [0.2, 0.25) is 0 Å². The van der Waals surface area contributed by atoms with E-state index in [9.17, 15) is 4.79 Å². The number of imidazole rings is 1. The molecule has 122 valence electrons. The van der Waals surface area contributed by atoms with Gasteiger partial charge in [-0.05, 0) is 39.3 Å². The Hall–Kier alpha value is -2.37. The second kappa shape index (κ2) is 5.68. The van der Waals surface area contributed by atoms with Crippen LogP contribution in [0.3, 0.4) is 0 Å². The maximum atomic E-state index is 12.2. The van der Waals surface area contributed by atoms with Crippen molar-refractivity contribution in [3.63, 3.8) is 0 Å². The van der Waals surface area contributed by atoms with E-state index in [2.05, 4.69) is 16.5 Å². The number of nitrogens with zero attached hydrogens (tertiary/aromatic N) is 4. The molecular weight excluding hydrogens is 292 g/mol. The molecule has 0 spiro atoms. The Labute approximate surface area is 136 Å². The molecule has 2 aromatic heterocycles. The fourth-order valence-corrected chi connectivity index (χ4v) is 2.63. The fourth-order valence-electron chi connectivity index (χ4n) is 2.63. The molecule has 1 aliphatic heterocycles. The van der Waals surface area contributed by atoms with Crippen LogP contribution in [0.5, 0.6) is 0 Å². The van der Waals surface area contributed by atoms with Gasteiger partial charge in [0.15, 0.2) is 5.82 Å². The molecule has 6 heteroatoms. The predicted molar refractivity (Wildman–Crippen MR) is 86.6 cm³/mol. The molecule has 1 amide bonds. The minimum atomic E-state index is -0.490. The highest BCUT2D eigenvalue weighted by Crippen LogP contribution is 2.26. The van der Waals surface area contributed by atoms with Crippen molar-refractivity contribution in [2.45, 2.75) is 52.9 Å². The van der Waals surface area contributed by atoms with Crippen molar-refractivity contribution in [3.05, 3.63) is 35.8 Å². The Bertz CT molecular complexity index is 730. The van der Waals surface area contributed by atoms with E-state index >= 15 is 0 Å². The first-order valence-electron chi connectivity index (χ1n) is 7.85. The number of aromatic nitrogens is 3. The maximum absolute atomic E-state index is 12.2. The first kappa shape index (κ1) is 15.5. The summed E-state index contributed by atoms with van der Waals surface area (Å²) in [4.78, 5) is 23.0. The van der Waals surface area contributed by atoms with Gasteiger partial charge in [-0.3, -0.25) is 4.90 Å². The van der Waals surface area contributed by atoms with Crippen molar-refractivity contribution < 1.29 is 9.53 Å². The van der Waals surface area contributed by atoms with Gasteiger partial charge < -0.3 is 9.30 Å². The van der Waals surface area contributed by atoms with Crippen molar-refractivity contribution in [2.75, 3.05) is 0 Å². The Morgan fingerprint density at radius 3 is 2.78 bits per heavy atom. The molecule has 3 rings (SSSR count). The lowest BCUT2D eigenvalue weighted by Crippen LogP contribution is -2.33. The molecule has 1 aliphatic rings. The summed E-state index contributed by atoms with van der Waals surface area (Å²) in [5.41, 5.74) is 2.32. The molecule has 6 nitrogen and oxygen atoms in total. The highest BCUT2D eigenvalue weighted by atomic mass is 16.6. The summed E-state index contributed by atoms with van der Waals surface area (Å²) in [6.45, 7) is 9.55. The molecule has 0 radical (unpaired) electrons. The molecule has 23 heavy (non-hydrogen) atoms. The van der Waals surface area contributed by atoms with E-state index in [1.54, 1.807) is 11.1 Å². The number of carbonyl (C=O) groups excluding carboxylic acids is 1. The first-order valence-corrected chi connectivity index (χ1v) is 7.85. The van der Waals surface area contributed by atoms with Crippen LogP contribution in [-0.4, -0.2) is 31.1 Å². The summed E-state index contributed by atoms with van der Waals surface area (Å²) in [6, 6.07) is 3.99. The molecule has 0 aromatic carbocycles.